The average Bonchev–Trinajstić information content (AvgIpc) is 3.33. The lowest BCUT2D eigenvalue weighted by Gasteiger charge is -2.38. The number of aryl methyl sites for hydroxylation is 1. The van der Waals surface area contributed by atoms with Crippen molar-refractivity contribution in [3.8, 4) is 0 Å². The molecule has 5 rings (SSSR count). The van der Waals surface area contributed by atoms with Gasteiger partial charge in [-0.2, -0.15) is 13.2 Å². The molecule has 0 spiro atoms. The quantitative estimate of drug-likeness (QED) is 0.335. The van der Waals surface area contributed by atoms with Gasteiger partial charge in [-0.3, -0.25) is 4.72 Å². The van der Waals surface area contributed by atoms with Gasteiger partial charge in [0.15, 0.2) is 5.60 Å². The van der Waals surface area contributed by atoms with Crippen LogP contribution in [0, 0.1) is 18.6 Å². The number of rotatable bonds is 7. The van der Waals surface area contributed by atoms with Gasteiger partial charge in [-0.15, -0.1) is 0 Å². The molecule has 0 radical (unpaired) electrons. The molecule has 3 aromatic rings. The molecule has 2 atom stereocenters. The summed E-state index contributed by atoms with van der Waals surface area (Å²) in [5.41, 5.74) is -5.79. The number of aromatic nitrogens is 1. The number of ether oxygens (including phenoxy) is 1. The molecule has 7 nitrogen and oxygen atoms in total. The number of hydrogen-bond donors (Lipinski definition) is 1. The van der Waals surface area contributed by atoms with Crippen LogP contribution in [0.25, 0.3) is 0 Å². The van der Waals surface area contributed by atoms with Crippen LogP contribution in [-0.4, -0.2) is 45.5 Å². The van der Waals surface area contributed by atoms with Crippen molar-refractivity contribution < 1.29 is 56.4 Å². The number of nitrogens with zero attached hydrogens (tertiary/aromatic N) is 1. The highest BCUT2D eigenvalue weighted by molar-refractivity contribution is 7.93. The Labute approximate surface area is 240 Å². The van der Waals surface area contributed by atoms with Gasteiger partial charge < -0.3 is 4.74 Å². The van der Waals surface area contributed by atoms with Crippen LogP contribution < -0.4 is 4.72 Å². The zero-order valence-electron chi connectivity index (χ0n) is 24.4. The molecule has 2 aliphatic rings. The number of anilines is 1. The molecule has 1 heterocycles. The van der Waals surface area contributed by atoms with Crippen LogP contribution in [-0.2, 0) is 37.6 Å². The van der Waals surface area contributed by atoms with Crippen molar-refractivity contribution in [1.29, 1.82) is 0 Å². The molecule has 0 bridgehead atoms. The van der Waals surface area contributed by atoms with Gasteiger partial charge in [0, 0.05) is 43.4 Å². The molecule has 2 aromatic carbocycles. The minimum atomic E-state index is -5.36. The third-order valence-corrected chi connectivity index (χ3v) is 10.6. The maximum Gasteiger partial charge on any atom is 0.417 e. The Balaban J connectivity index is 1.64. The van der Waals surface area contributed by atoms with E-state index in [1.165, 1.54) is 12.1 Å². The van der Waals surface area contributed by atoms with E-state index in [1.807, 2.05) is 0 Å². The van der Waals surface area contributed by atoms with Crippen LogP contribution in [0.4, 0.5) is 36.4 Å². The second-order valence-electron chi connectivity index (χ2n) is 10.3. The van der Waals surface area contributed by atoms with Crippen molar-refractivity contribution in [3.63, 3.8) is 0 Å². The number of halogens is 7. The second kappa shape index (κ2) is 9.71. The Bertz CT molecular complexity index is 1890. The summed E-state index contributed by atoms with van der Waals surface area (Å²) in [5.74, 6) is -7.68. The molecule has 0 saturated heterocycles. The molecule has 0 amide bonds. The van der Waals surface area contributed by atoms with Crippen molar-refractivity contribution in [2.24, 2.45) is 0 Å². The van der Waals surface area contributed by atoms with Crippen LogP contribution in [0.2, 0.25) is 0 Å². The van der Waals surface area contributed by atoms with E-state index < -0.39 is 120 Å². The SMILES string of the molecule is [2H]C([2H])([2H])O[C@]1(C(F)(F)F)CCc2c(S(=O)(=O)Nc3cc(F)c([C@@H]4CC4(F)F)cc3F)cn(S(=O)(=O)c3ccc(C)cc3)c2C1. The predicted molar refractivity (Wildman–Crippen MR) is 135 cm³/mol. The fourth-order valence-corrected chi connectivity index (χ4v) is 7.82. The summed E-state index contributed by atoms with van der Waals surface area (Å²) < 4.78 is 182. The molecule has 2 aliphatic carbocycles. The second-order valence-corrected chi connectivity index (χ2v) is 13.7. The van der Waals surface area contributed by atoms with E-state index in [1.54, 1.807) is 11.6 Å². The van der Waals surface area contributed by atoms with Gasteiger partial charge in [-0.1, -0.05) is 17.7 Å². The first kappa shape index (κ1) is 26.5. The van der Waals surface area contributed by atoms with Gasteiger partial charge in [-0.05, 0) is 43.5 Å². The summed E-state index contributed by atoms with van der Waals surface area (Å²) in [4.78, 5) is -1.38. The van der Waals surface area contributed by atoms with Gasteiger partial charge in [0.05, 0.1) is 20.6 Å². The molecule has 1 aromatic heterocycles. The summed E-state index contributed by atoms with van der Waals surface area (Å²) in [6, 6.07) is 5.69. The van der Waals surface area contributed by atoms with Crippen LogP contribution >= 0.6 is 0 Å². The number of nitrogens with one attached hydrogen (secondary N) is 1. The maximum absolute atomic E-state index is 14.9. The number of hydrogen-bond acceptors (Lipinski definition) is 5. The predicted octanol–water partition coefficient (Wildman–Crippen LogP) is 5.67. The zero-order valence-corrected chi connectivity index (χ0v) is 23.0. The number of fused-ring (bicyclic) bond motifs is 1. The molecule has 1 fully saturated rings. The Hall–Kier alpha value is -3.11. The first-order valence-electron chi connectivity index (χ1n) is 13.7. The van der Waals surface area contributed by atoms with Crippen LogP contribution in [0.1, 0.15) is 45.3 Å². The number of alkyl halides is 5. The van der Waals surface area contributed by atoms with Gasteiger partial charge >= 0.3 is 6.18 Å². The smallest absolute Gasteiger partial charge is 0.368 e. The Morgan fingerprint density at radius 3 is 2.29 bits per heavy atom. The van der Waals surface area contributed by atoms with E-state index in [0.717, 1.165) is 12.1 Å². The summed E-state index contributed by atoms with van der Waals surface area (Å²) in [6.45, 7) is 1.62. The summed E-state index contributed by atoms with van der Waals surface area (Å²) >= 11 is 0. The minimum Gasteiger partial charge on any atom is -0.368 e. The topological polar surface area (TPSA) is 94.5 Å². The first-order valence-corrected chi connectivity index (χ1v) is 15.1. The molecule has 1 saturated carbocycles. The molecule has 16 heteroatoms. The molecule has 0 aliphatic heterocycles. The van der Waals surface area contributed by atoms with Crippen molar-refractivity contribution >= 4 is 25.7 Å². The number of sulfonamides is 1. The van der Waals surface area contributed by atoms with Crippen molar-refractivity contribution in [2.45, 2.75) is 66.0 Å². The van der Waals surface area contributed by atoms with E-state index >= 15 is 0 Å². The molecule has 1 N–H and O–H groups in total. The monoisotopic (exact) mass is 643 g/mol. The number of benzene rings is 2. The van der Waals surface area contributed by atoms with Gasteiger partial charge in [0.1, 0.15) is 16.5 Å². The lowest BCUT2D eigenvalue weighted by molar-refractivity contribution is -0.273. The summed E-state index contributed by atoms with van der Waals surface area (Å²) in [7, 11) is -13.5. The van der Waals surface area contributed by atoms with Crippen molar-refractivity contribution in [3.05, 3.63) is 76.6 Å². The maximum atomic E-state index is 14.9. The molecule has 0 unspecified atom stereocenters. The summed E-state index contributed by atoms with van der Waals surface area (Å²) in [5, 5.41) is 0. The highest BCUT2D eigenvalue weighted by Gasteiger charge is 2.59. The summed E-state index contributed by atoms with van der Waals surface area (Å²) in [6.07, 6.45) is -9.04. The van der Waals surface area contributed by atoms with Crippen LogP contribution in [0.5, 0.6) is 0 Å². The Morgan fingerprint density at radius 2 is 1.71 bits per heavy atom. The van der Waals surface area contributed by atoms with Crippen molar-refractivity contribution in [2.75, 3.05) is 11.8 Å². The van der Waals surface area contributed by atoms with E-state index in [4.69, 9.17) is 4.11 Å². The van der Waals surface area contributed by atoms with Gasteiger partial charge in [0.25, 0.3) is 26.0 Å². The number of methoxy groups -OCH3 is 1. The van der Waals surface area contributed by atoms with Gasteiger partial charge in [-0.25, -0.2) is 38.4 Å². The minimum absolute atomic E-state index is 0.263. The zero-order chi connectivity index (χ0) is 33.5. The largest absolute Gasteiger partial charge is 0.417 e. The van der Waals surface area contributed by atoms with E-state index in [0.29, 0.717) is 23.9 Å². The van der Waals surface area contributed by atoms with E-state index in [-0.39, 0.29) is 3.97 Å². The Morgan fingerprint density at radius 1 is 1.07 bits per heavy atom. The third-order valence-electron chi connectivity index (χ3n) is 7.49. The molecular formula is C26H23F7N2O5S2. The molecule has 42 heavy (non-hydrogen) atoms. The van der Waals surface area contributed by atoms with Gasteiger partial charge in [0.2, 0.25) is 0 Å². The fourth-order valence-electron chi connectivity index (χ4n) is 4.99. The third kappa shape index (κ3) is 4.96. The van der Waals surface area contributed by atoms with Crippen LogP contribution in [0.3, 0.4) is 0 Å². The van der Waals surface area contributed by atoms with Crippen LogP contribution in [0.15, 0.2) is 52.4 Å². The normalized spacial score (nSPS) is 23.4. The highest BCUT2D eigenvalue weighted by Crippen LogP contribution is 2.56. The standard InChI is InChI=1S/C26H23F7N2O5S2/c1-14-3-5-15(6-4-14)42(38,39)35-13-23(16-7-8-24(40-2,12-22(16)35)26(31,32)33)41(36,37)34-21-10-19(27)17(9-20(21)28)18-11-25(18,29)30/h3-6,9-10,13,18,34H,7-8,11-12H2,1-2H3/t18-,24+/m0/s1/i2D3. The fraction of sp³-hybridized carbons (Fsp3) is 0.385. The molecule has 228 valence electrons. The van der Waals surface area contributed by atoms with Crippen molar-refractivity contribution in [1.82, 2.24) is 3.97 Å². The lowest BCUT2D eigenvalue weighted by atomic mass is 9.83. The lowest BCUT2D eigenvalue weighted by Crippen LogP contribution is -2.51. The van der Waals surface area contributed by atoms with E-state index in [9.17, 15) is 47.6 Å². The van der Waals surface area contributed by atoms with E-state index in [2.05, 4.69) is 4.74 Å². The Kier molecular flexibility index (Phi) is 6.13. The average molecular weight is 644 g/mol. The molecular weight excluding hydrogens is 617 g/mol. The highest BCUT2D eigenvalue weighted by atomic mass is 32.2. The first-order chi connectivity index (χ1) is 20.5.